The molecule has 1 saturated carbocycles. The molecule has 160 valence electrons. The van der Waals surface area contributed by atoms with Crippen LogP contribution in [-0.4, -0.2) is 34.3 Å². The second-order valence-corrected chi connectivity index (χ2v) is 8.42. The van der Waals surface area contributed by atoms with Crippen LogP contribution in [0.2, 0.25) is 5.02 Å². The highest BCUT2D eigenvalue weighted by molar-refractivity contribution is 6.33. The predicted molar refractivity (Wildman–Crippen MR) is 122 cm³/mol. The fraction of sp³-hybridized carbons (Fsp3) is 0.522. The van der Waals surface area contributed by atoms with Crippen molar-refractivity contribution in [3.63, 3.8) is 0 Å². The number of aliphatic hydroxyl groups is 1. The summed E-state index contributed by atoms with van der Waals surface area (Å²) in [6.45, 7) is 2.37. The van der Waals surface area contributed by atoms with Crippen molar-refractivity contribution in [3.8, 4) is 17.3 Å². The van der Waals surface area contributed by atoms with Gasteiger partial charge in [-0.05, 0) is 43.9 Å². The lowest BCUT2D eigenvalue weighted by Crippen LogP contribution is -2.29. The van der Waals surface area contributed by atoms with Gasteiger partial charge in [0.05, 0.1) is 22.2 Å². The molecule has 1 aliphatic rings. The first kappa shape index (κ1) is 22.3. The van der Waals surface area contributed by atoms with Gasteiger partial charge < -0.3 is 15.7 Å². The van der Waals surface area contributed by atoms with Gasteiger partial charge in [-0.15, -0.1) is 0 Å². The standard InChI is InChI=1S/C23H30ClN5O/c1-2-23(15-25,11-12-30)16-27-21-10-6-9-20(29-21)18-13-22(26-14-19(18)24)28-17-7-4-3-5-8-17/h6,9-10,13-14,17,30H,2-5,7-8,11-12,16H2,1H3,(H,26,28)(H,27,29). The maximum absolute atomic E-state index is 9.57. The molecule has 0 aromatic carbocycles. The number of anilines is 2. The number of rotatable bonds is 9. The van der Waals surface area contributed by atoms with Crippen molar-refractivity contribution in [3.05, 3.63) is 35.5 Å². The SMILES string of the molecule is CCC(C#N)(CCO)CNc1cccc(-c2cc(NC3CCCCC3)ncc2Cl)n1. The number of pyridine rings is 2. The zero-order valence-electron chi connectivity index (χ0n) is 17.5. The third kappa shape index (κ3) is 5.62. The number of nitriles is 1. The predicted octanol–water partition coefficient (Wildman–Crippen LogP) is 5.26. The van der Waals surface area contributed by atoms with E-state index in [9.17, 15) is 10.4 Å². The molecule has 1 unspecified atom stereocenters. The minimum atomic E-state index is -0.613. The van der Waals surface area contributed by atoms with Gasteiger partial charge in [-0.1, -0.05) is 43.9 Å². The Labute approximate surface area is 183 Å². The monoisotopic (exact) mass is 427 g/mol. The van der Waals surface area contributed by atoms with E-state index in [1.807, 2.05) is 31.2 Å². The van der Waals surface area contributed by atoms with Crippen molar-refractivity contribution in [1.82, 2.24) is 9.97 Å². The van der Waals surface area contributed by atoms with Gasteiger partial charge in [0, 0.05) is 31.0 Å². The number of aliphatic hydroxyl groups excluding tert-OH is 1. The van der Waals surface area contributed by atoms with Gasteiger partial charge in [-0.2, -0.15) is 5.26 Å². The van der Waals surface area contributed by atoms with Crippen LogP contribution in [0.5, 0.6) is 0 Å². The average Bonchev–Trinajstić information content (AvgIpc) is 2.79. The first-order chi connectivity index (χ1) is 14.6. The van der Waals surface area contributed by atoms with Gasteiger partial charge in [-0.3, -0.25) is 0 Å². The van der Waals surface area contributed by atoms with Crippen LogP contribution in [-0.2, 0) is 0 Å². The molecule has 7 heteroatoms. The summed E-state index contributed by atoms with van der Waals surface area (Å²) in [5.74, 6) is 1.49. The zero-order chi connectivity index (χ0) is 21.4. The summed E-state index contributed by atoms with van der Waals surface area (Å²) in [6.07, 6.45) is 8.92. The highest BCUT2D eigenvalue weighted by Crippen LogP contribution is 2.31. The molecule has 0 amide bonds. The minimum absolute atomic E-state index is 0.0139. The van der Waals surface area contributed by atoms with E-state index < -0.39 is 5.41 Å². The second-order valence-electron chi connectivity index (χ2n) is 8.01. The molecular formula is C23H30ClN5O. The van der Waals surface area contributed by atoms with Gasteiger partial charge in [0.25, 0.3) is 0 Å². The molecule has 30 heavy (non-hydrogen) atoms. The Morgan fingerprint density at radius 1 is 1.27 bits per heavy atom. The smallest absolute Gasteiger partial charge is 0.126 e. The summed E-state index contributed by atoms with van der Waals surface area (Å²) in [4.78, 5) is 9.15. The Bertz CT molecular complexity index is 878. The van der Waals surface area contributed by atoms with Crippen molar-refractivity contribution in [2.75, 3.05) is 23.8 Å². The number of hydrogen-bond acceptors (Lipinski definition) is 6. The molecule has 2 aromatic rings. The largest absolute Gasteiger partial charge is 0.396 e. The number of nitrogens with one attached hydrogen (secondary N) is 2. The van der Waals surface area contributed by atoms with Crippen molar-refractivity contribution in [1.29, 1.82) is 5.26 Å². The van der Waals surface area contributed by atoms with Gasteiger partial charge >= 0.3 is 0 Å². The summed E-state index contributed by atoms with van der Waals surface area (Å²) in [5.41, 5.74) is 0.962. The topological polar surface area (TPSA) is 93.9 Å². The maximum atomic E-state index is 9.57. The van der Waals surface area contributed by atoms with Crippen molar-refractivity contribution in [2.45, 2.75) is 57.9 Å². The lowest BCUT2D eigenvalue weighted by atomic mass is 9.83. The Kier molecular flexibility index (Phi) is 7.89. The Hall–Kier alpha value is -2.36. The zero-order valence-corrected chi connectivity index (χ0v) is 18.3. The highest BCUT2D eigenvalue weighted by Gasteiger charge is 2.27. The van der Waals surface area contributed by atoms with Crippen LogP contribution in [0.3, 0.4) is 0 Å². The van der Waals surface area contributed by atoms with Gasteiger partial charge in [-0.25, -0.2) is 9.97 Å². The molecule has 0 bridgehead atoms. The number of aromatic nitrogens is 2. The van der Waals surface area contributed by atoms with Crippen LogP contribution in [0, 0.1) is 16.7 Å². The van der Waals surface area contributed by atoms with E-state index in [0.717, 1.165) is 17.1 Å². The van der Waals surface area contributed by atoms with Gasteiger partial charge in [0.2, 0.25) is 0 Å². The average molecular weight is 428 g/mol. The summed E-state index contributed by atoms with van der Waals surface area (Å²) < 4.78 is 0. The van der Waals surface area contributed by atoms with Crippen molar-refractivity contribution >= 4 is 23.2 Å². The molecule has 3 rings (SSSR count). The van der Waals surface area contributed by atoms with Crippen molar-refractivity contribution in [2.24, 2.45) is 5.41 Å². The first-order valence-corrected chi connectivity index (χ1v) is 11.1. The molecular weight excluding hydrogens is 398 g/mol. The summed E-state index contributed by atoms with van der Waals surface area (Å²) in [5, 5.41) is 26.2. The molecule has 2 aromatic heterocycles. The molecule has 2 heterocycles. The third-order valence-corrected chi connectivity index (χ3v) is 6.25. The molecule has 1 fully saturated rings. The molecule has 0 spiro atoms. The molecule has 0 radical (unpaired) electrons. The van der Waals surface area contributed by atoms with Crippen LogP contribution in [0.25, 0.3) is 11.3 Å². The van der Waals surface area contributed by atoms with Crippen LogP contribution in [0.15, 0.2) is 30.5 Å². The second kappa shape index (κ2) is 10.6. The first-order valence-electron chi connectivity index (χ1n) is 10.7. The van der Waals surface area contributed by atoms with E-state index in [1.54, 1.807) is 6.20 Å². The Balaban J connectivity index is 1.76. The van der Waals surface area contributed by atoms with Crippen LogP contribution >= 0.6 is 11.6 Å². The maximum Gasteiger partial charge on any atom is 0.126 e. The number of hydrogen-bond donors (Lipinski definition) is 3. The Morgan fingerprint density at radius 2 is 2.07 bits per heavy atom. The van der Waals surface area contributed by atoms with E-state index in [2.05, 4.69) is 21.7 Å². The fourth-order valence-corrected chi connectivity index (χ4v) is 4.09. The molecule has 1 atom stereocenters. The quantitative estimate of drug-likeness (QED) is 0.505. The molecule has 3 N–H and O–H groups in total. The third-order valence-electron chi connectivity index (χ3n) is 5.95. The van der Waals surface area contributed by atoms with E-state index in [1.165, 1.54) is 32.1 Å². The van der Waals surface area contributed by atoms with Crippen LogP contribution in [0.1, 0.15) is 51.9 Å². The minimum Gasteiger partial charge on any atom is -0.396 e. The van der Waals surface area contributed by atoms with E-state index in [4.69, 9.17) is 16.6 Å². The van der Waals surface area contributed by atoms with E-state index >= 15 is 0 Å². The summed E-state index contributed by atoms with van der Waals surface area (Å²) >= 11 is 6.44. The molecule has 6 nitrogen and oxygen atoms in total. The summed E-state index contributed by atoms with van der Waals surface area (Å²) in [7, 11) is 0. The number of halogens is 1. The van der Waals surface area contributed by atoms with Gasteiger partial charge in [0.1, 0.15) is 11.6 Å². The lowest BCUT2D eigenvalue weighted by molar-refractivity contribution is 0.226. The van der Waals surface area contributed by atoms with Crippen molar-refractivity contribution < 1.29 is 5.11 Å². The normalized spacial score (nSPS) is 16.5. The highest BCUT2D eigenvalue weighted by atomic mass is 35.5. The lowest BCUT2D eigenvalue weighted by Gasteiger charge is -2.25. The molecule has 1 aliphatic carbocycles. The fourth-order valence-electron chi connectivity index (χ4n) is 3.89. The summed E-state index contributed by atoms with van der Waals surface area (Å²) in [6, 6.07) is 10.5. The van der Waals surface area contributed by atoms with Gasteiger partial charge in [0.15, 0.2) is 0 Å². The van der Waals surface area contributed by atoms with Crippen LogP contribution < -0.4 is 10.6 Å². The Morgan fingerprint density at radius 3 is 2.77 bits per heavy atom. The van der Waals surface area contributed by atoms with Crippen LogP contribution in [0.4, 0.5) is 11.6 Å². The molecule has 0 saturated heterocycles. The molecule has 0 aliphatic heterocycles. The van der Waals surface area contributed by atoms with E-state index in [0.29, 0.717) is 36.3 Å². The van der Waals surface area contributed by atoms with E-state index in [-0.39, 0.29) is 6.61 Å². The number of nitrogens with zero attached hydrogens (tertiary/aromatic N) is 3.